The van der Waals surface area contributed by atoms with E-state index in [1.54, 1.807) is 6.92 Å². The van der Waals surface area contributed by atoms with Crippen molar-refractivity contribution in [1.29, 1.82) is 0 Å². The smallest absolute Gasteiger partial charge is 0.0972 e. The fourth-order valence-electron chi connectivity index (χ4n) is 1.61. The van der Waals surface area contributed by atoms with Crippen molar-refractivity contribution in [3.05, 3.63) is 0 Å². The molecule has 0 amide bonds. The van der Waals surface area contributed by atoms with Gasteiger partial charge in [-0.25, -0.2) is 0 Å². The second-order valence-corrected chi connectivity index (χ2v) is 5.14. The molecule has 0 aromatic rings. The molecule has 0 bridgehead atoms. The lowest BCUT2D eigenvalue weighted by atomic mass is 10.1. The van der Waals surface area contributed by atoms with Gasteiger partial charge in [0.05, 0.1) is 12.2 Å². The summed E-state index contributed by atoms with van der Waals surface area (Å²) in [4.78, 5) is 0. The third-order valence-corrected chi connectivity index (χ3v) is 2.91. The highest BCUT2D eigenvalue weighted by Crippen LogP contribution is 2.08. The van der Waals surface area contributed by atoms with Crippen molar-refractivity contribution in [3.8, 4) is 0 Å². The van der Waals surface area contributed by atoms with E-state index < -0.39 is 5.60 Å². The van der Waals surface area contributed by atoms with Crippen LogP contribution in [0.1, 0.15) is 59.3 Å². The third-order valence-electron chi connectivity index (χ3n) is 2.91. The minimum Gasteiger partial charge on any atom is -0.393 e. The molecule has 98 valence electrons. The maximum Gasteiger partial charge on any atom is 0.0972 e. The molecular formula is C13H29NO2. The normalized spacial score (nSPS) is 17.1. The summed E-state index contributed by atoms with van der Waals surface area (Å²) in [5, 5.41) is 21.7. The van der Waals surface area contributed by atoms with Gasteiger partial charge in [-0.2, -0.15) is 0 Å². The lowest BCUT2D eigenvalue weighted by molar-refractivity contribution is 0.000899. The highest BCUT2D eigenvalue weighted by Gasteiger charge is 2.19. The molecule has 0 radical (unpaired) electrons. The van der Waals surface area contributed by atoms with Crippen molar-refractivity contribution in [3.63, 3.8) is 0 Å². The zero-order valence-electron chi connectivity index (χ0n) is 11.1. The number of hydrogen-bond donors (Lipinski definition) is 3. The molecule has 2 atom stereocenters. The Kier molecular flexibility index (Phi) is 8.90. The summed E-state index contributed by atoms with van der Waals surface area (Å²) in [6, 6.07) is 0.416. The zero-order chi connectivity index (χ0) is 12.4. The summed E-state index contributed by atoms with van der Waals surface area (Å²) < 4.78 is 0. The summed E-state index contributed by atoms with van der Waals surface area (Å²) in [5.74, 6) is 0. The van der Waals surface area contributed by atoms with Crippen molar-refractivity contribution >= 4 is 0 Å². The number of unbranched alkanes of at least 4 members (excludes halogenated alkanes) is 4. The molecule has 16 heavy (non-hydrogen) atoms. The summed E-state index contributed by atoms with van der Waals surface area (Å²) in [6.45, 7) is 6.27. The first-order chi connectivity index (χ1) is 7.52. The maximum atomic E-state index is 9.60. The molecule has 0 saturated carbocycles. The van der Waals surface area contributed by atoms with Crippen LogP contribution < -0.4 is 5.32 Å². The summed E-state index contributed by atoms with van der Waals surface area (Å²) >= 11 is 0. The lowest BCUT2D eigenvalue weighted by Crippen LogP contribution is -2.44. The van der Waals surface area contributed by atoms with Gasteiger partial charge in [-0.15, -0.1) is 0 Å². The summed E-state index contributed by atoms with van der Waals surface area (Å²) in [5.41, 5.74) is -0.990. The molecule has 0 fully saturated rings. The van der Waals surface area contributed by atoms with Gasteiger partial charge in [-0.3, -0.25) is 0 Å². The van der Waals surface area contributed by atoms with Crippen LogP contribution in [0.25, 0.3) is 0 Å². The standard InChI is InChI=1S/C13H29NO2/c1-4-5-6-7-8-9-12(2)14-10-13(3,16)11-15/h12,14-16H,4-11H2,1-3H3. The van der Waals surface area contributed by atoms with Crippen LogP contribution in [0.3, 0.4) is 0 Å². The Labute approximate surface area is 100 Å². The van der Waals surface area contributed by atoms with Gasteiger partial charge in [0.1, 0.15) is 0 Å². The SMILES string of the molecule is CCCCCCCC(C)NCC(C)(O)CO. The van der Waals surface area contributed by atoms with Crippen molar-refractivity contribution in [2.45, 2.75) is 70.9 Å². The molecular weight excluding hydrogens is 202 g/mol. The molecule has 0 aliphatic heterocycles. The predicted octanol–water partition coefficient (Wildman–Crippen LogP) is 2.07. The Morgan fingerprint density at radius 2 is 1.81 bits per heavy atom. The monoisotopic (exact) mass is 231 g/mol. The van der Waals surface area contributed by atoms with Gasteiger partial charge in [0.2, 0.25) is 0 Å². The fraction of sp³-hybridized carbons (Fsp3) is 1.00. The van der Waals surface area contributed by atoms with Gasteiger partial charge in [-0.1, -0.05) is 39.0 Å². The van der Waals surface area contributed by atoms with Crippen molar-refractivity contribution in [2.24, 2.45) is 0 Å². The molecule has 2 unspecified atom stereocenters. The van der Waals surface area contributed by atoms with Gasteiger partial charge in [0.25, 0.3) is 0 Å². The Hall–Kier alpha value is -0.120. The summed E-state index contributed by atoms with van der Waals surface area (Å²) in [6.07, 6.45) is 7.64. The van der Waals surface area contributed by atoms with Crippen LogP contribution in [-0.2, 0) is 0 Å². The van der Waals surface area contributed by atoms with Gasteiger partial charge in [0, 0.05) is 12.6 Å². The van der Waals surface area contributed by atoms with E-state index in [1.807, 2.05) is 0 Å². The molecule has 0 aliphatic carbocycles. The van der Waals surface area contributed by atoms with Crippen LogP contribution in [0.2, 0.25) is 0 Å². The molecule has 0 aromatic heterocycles. The van der Waals surface area contributed by atoms with Crippen LogP contribution in [-0.4, -0.2) is 35.0 Å². The number of hydrogen-bond acceptors (Lipinski definition) is 3. The van der Waals surface area contributed by atoms with E-state index in [2.05, 4.69) is 19.2 Å². The van der Waals surface area contributed by atoms with Gasteiger partial charge >= 0.3 is 0 Å². The van der Waals surface area contributed by atoms with E-state index in [0.717, 1.165) is 6.42 Å². The van der Waals surface area contributed by atoms with Crippen molar-refractivity contribution in [2.75, 3.05) is 13.2 Å². The van der Waals surface area contributed by atoms with Gasteiger partial charge < -0.3 is 15.5 Å². The third kappa shape index (κ3) is 9.13. The zero-order valence-corrected chi connectivity index (χ0v) is 11.1. The van der Waals surface area contributed by atoms with Gasteiger partial charge in [0.15, 0.2) is 0 Å². The predicted molar refractivity (Wildman–Crippen MR) is 68.6 cm³/mol. The van der Waals surface area contributed by atoms with Crippen LogP contribution in [0.5, 0.6) is 0 Å². The largest absolute Gasteiger partial charge is 0.393 e. The van der Waals surface area contributed by atoms with Crippen molar-refractivity contribution in [1.82, 2.24) is 5.32 Å². The average Bonchev–Trinajstić information content (AvgIpc) is 2.26. The quantitative estimate of drug-likeness (QED) is 0.505. The minimum atomic E-state index is -0.990. The van der Waals surface area contributed by atoms with E-state index in [9.17, 15) is 5.11 Å². The highest BCUT2D eigenvalue weighted by atomic mass is 16.3. The van der Waals surface area contributed by atoms with Crippen LogP contribution in [0, 0.1) is 0 Å². The highest BCUT2D eigenvalue weighted by molar-refractivity contribution is 4.76. The van der Waals surface area contributed by atoms with E-state index >= 15 is 0 Å². The van der Waals surface area contributed by atoms with E-state index in [-0.39, 0.29) is 6.61 Å². The van der Waals surface area contributed by atoms with E-state index in [1.165, 1.54) is 32.1 Å². The molecule has 3 N–H and O–H groups in total. The minimum absolute atomic E-state index is 0.191. The number of rotatable bonds is 10. The topological polar surface area (TPSA) is 52.5 Å². The van der Waals surface area contributed by atoms with Gasteiger partial charge in [-0.05, 0) is 20.3 Å². The molecule has 3 nitrogen and oxygen atoms in total. The van der Waals surface area contributed by atoms with E-state index in [4.69, 9.17) is 5.11 Å². The Balaban J connectivity index is 3.41. The molecule has 0 aliphatic rings. The Bertz CT molecular complexity index is 160. The Morgan fingerprint density at radius 1 is 1.19 bits per heavy atom. The molecule has 0 aromatic carbocycles. The first-order valence-electron chi connectivity index (χ1n) is 6.58. The average molecular weight is 231 g/mol. The molecule has 3 heteroatoms. The fourth-order valence-corrected chi connectivity index (χ4v) is 1.61. The van der Waals surface area contributed by atoms with E-state index in [0.29, 0.717) is 12.6 Å². The first-order valence-corrected chi connectivity index (χ1v) is 6.58. The molecule has 0 saturated heterocycles. The van der Waals surface area contributed by atoms with Crippen LogP contribution in [0.15, 0.2) is 0 Å². The van der Waals surface area contributed by atoms with Crippen LogP contribution in [0.4, 0.5) is 0 Å². The number of nitrogens with one attached hydrogen (secondary N) is 1. The van der Waals surface area contributed by atoms with Crippen LogP contribution >= 0.6 is 0 Å². The molecule has 0 heterocycles. The first kappa shape index (κ1) is 15.9. The van der Waals surface area contributed by atoms with Crippen molar-refractivity contribution < 1.29 is 10.2 Å². The number of aliphatic hydroxyl groups is 2. The second-order valence-electron chi connectivity index (χ2n) is 5.14. The summed E-state index contributed by atoms with van der Waals surface area (Å²) in [7, 11) is 0. The maximum absolute atomic E-state index is 9.60. The Morgan fingerprint density at radius 3 is 2.38 bits per heavy atom. The molecule has 0 rings (SSSR count). The number of aliphatic hydroxyl groups excluding tert-OH is 1. The second kappa shape index (κ2) is 8.97. The lowest BCUT2D eigenvalue weighted by Gasteiger charge is -2.23. The molecule has 0 spiro atoms.